The predicted molar refractivity (Wildman–Crippen MR) is 156 cm³/mol. The first-order valence-corrected chi connectivity index (χ1v) is 14.5. The number of anilines is 1. The SMILES string of the molecule is CCN(C(=O)c1cn(-c2cc(F)cc(F)c2)c2cc(OCCCCCCCBr)ccc2c1=O)c1cc(F)cc(F)c1. The number of hydrogen-bond donors (Lipinski definition) is 0. The lowest BCUT2D eigenvalue weighted by Crippen LogP contribution is -2.35. The highest BCUT2D eigenvalue weighted by Crippen LogP contribution is 2.26. The minimum absolute atomic E-state index is 0.00329. The van der Waals surface area contributed by atoms with Crippen LogP contribution in [0.25, 0.3) is 16.6 Å². The molecule has 41 heavy (non-hydrogen) atoms. The van der Waals surface area contributed by atoms with Crippen LogP contribution >= 0.6 is 15.9 Å². The molecule has 1 aromatic heterocycles. The number of ether oxygens (including phenoxy) is 1. The second kappa shape index (κ2) is 13.8. The van der Waals surface area contributed by atoms with Crippen molar-refractivity contribution in [1.82, 2.24) is 4.57 Å². The van der Waals surface area contributed by atoms with E-state index in [0.717, 1.165) is 66.6 Å². The van der Waals surface area contributed by atoms with Gasteiger partial charge in [0.25, 0.3) is 5.91 Å². The molecule has 1 heterocycles. The van der Waals surface area contributed by atoms with Crippen LogP contribution in [0.15, 0.2) is 65.6 Å². The molecule has 0 aliphatic heterocycles. The molecule has 0 saturated carbocycles. The Morgan fingerprint density at radius 3 is 2.10 bits per heavy atom. The second-order valence-corrected chi connectivity index (χ2v) is 10.3. The molecule has 0 atom stereocenters. The number of fused-ring (bicyclic) bond motifs is 1. The first kappa shape index (κ1) is 30.3. The minimum Gasteiger partial charge on any atom is -0.494 e. The number of aromatic nitrogens is 1. The summed E-state index contributed by atoms with van der Waals surface area (Å²) in [4.78, 5) is 28.2. The summed E-state index contributed by atoms with van der Waals surface area (Å²) in [6, 6.07) is 10.2. The summed E-state index contributed by atoms with van der Waals surface area (Å²) in [6.07, 6.45) is 6.36. The van der Waals surface area contributed by atoms with Gasteiger partial charge in [-0.15, -0.1) is 0 Å². The van der Waals surface area contributed by atoms with Crippen molar-refractivity contribution in [2.75, 3.05) is 23.4 Å². The zero-order valence-corrected chi connectivity index (χ0v) is 24.0. The van der Waals surface area contributed by atoms with E-state index in [0.29, 0.717) is 24.5 Å². The maximum atomic E-state index is 14.2. The Morgan fingerprint density at radius 2 is 1.46 bits per heavy atom. The number of halogens is 5. The largest absolute Gasteiger partial charge is 0.494 e. The van der Waals surface area contributed by atoms with E-state index in [-0.39, 0.29) is 34.4 Å². The number of nitrogens with zero attached hydrogens (tertiary/aromatic N) is 2. The molecule has 0 aliphatic carbocycles. The molecule has 0 unspecified atom stereocenters. The van der Waals surface area contributed by atoms with Gasteiger partial charge in [0, 0.05) is 47.3 Å². The van der Waals surface area contributed by atoms with Gasteiger partial charge in [-0.2, -0.15) is 0 Å². The van der Waals surface area contributed by atoms with Crippen molar-refractivity contribution in [3.05, 3.63) is 99.8 Å². The van der Waals surface area contributed by atoms with Gasteiger partial charge in [-0.05, 0) is 56.2 Å². The molecule has 10 heteroatoms. The van der Waals surface area contributed by atoms with E-state index in [9.17, 15) is 27.2 Å². The summed E-state index contributed by atoms with van der Waals surface area (Å²) >= 11 is 3.42. The first-order valence-electron chi connectivity index (χ1n) is 13.3. The fraction of sp³-hybridized carbons (Fsp3) is 0.290. The van der Waals surface area contributed by atoms with E-state index in [1.54, 1.807) is 19.1 Å². The van der Waals surface area contributed by atoms with Crippen molar-refractivity contribution in [2.24, 2.45) is 0 Å². The zero-order chi connectivity index (χ0) is 29.5. The van der Waals surface area contributed by atoms with Crippen LogP contribution in [0, 0.1) is 23.3 Å². The van der Waals surface area contributed by atoms with Crippen molar-refractivity contribution < 1.29 is 27.1 Å². The summed E-state index contributed by atoms with van der Waals surface area (Å²) in [6.45, 7) is 2.04. The Kier molecular flexibility index (Phi) is 10.2. The molecule has 4 rings (SSSR count). The molecule has 216 valence electrons. The number of carbonyl (C=O) groups excluding carboxylic acids is 1. The van der Waals surface area contributed by atoms with Gasteiger partial charge in [-0.1, -0.05) is 35.2 Å². The molecule has 4 aromatic rings. The van der Waals surface area contributed by atoms with Gasteiger partial charge in [0.2, 0.25) is 5.43 Å². The Balaban J connectivity index is 1.76. The van der Waals surface area contributed by atoms with Gasteiger partial charge in [-0.3, -0.25) is 9.59 Å². The molecule has 0 spiro atoms. The first-order chi connectivity index (χ1) is 19.7. The standard InChI is InChI=1S/C31H29BrF4N2O3/c1-2-37(24-14-20(33)12-21(34)15-24)31(40)28-19-38(25-16-22(35)13-23(36)17-25)29-18-26(8-9-27(29)30(28)39)41-11-7-5-3-4-6-10-32/h8-9,12-19H,2-7,10-11H2,1H3. The van der Waals surface area contributed by atoms with Crippen LogP contribution in [-0.2, 0) is 0 Å². The predicted octanol–water partition coefficient (Wildman–Crippen LogP) is 7.94. The fourth-order valence-corrected chi connectivity index (χ4v) is 5.04. The summed E-state index contributed by atoms with van der Waals surface area (Å²) < 4.78 is 63.6. The molecule has 1 amide bonds. The number of benzene rings is 3. The molecule has 0 N–H and O–H groups in total. The molecule has 0 fully saturated rings. The van der Waals surface area contributed by atoms with Gasteiger partial charge in [0.1, 0.15) is 34.6 Å². The van der Waals surface area contributed by atoms with Crippen molar-refractivity contribution >= 4 is 38.4 Å². The molecule has 5 nitrogen and oxygen atoms in total. The number of alkyl halides is 1. The topological polar surface area (TPSA) is 51.5 Å². The summed E-state index contributed by atoms with van der Waals surface area (Å²) in [7, 11) is 0. The number of rotatable bonds is 12. The summed E-state index contributed by atoms with van der Waals surface area (Å²) in [5.41, 5.74) is -0.761. The molecular formula is C31H29BrF4N2O3. The van der Waals surface area contributed by atoms with Crippen LogP contribution in [0.3, 0.4) is 0 Å². The van der Waals surface area contributed by atoms with Crippen LogP contribution in [0.5, 0.6) is 5.75 Å². The van der Waals surface area contributed by atoms with Crippen LogP contribution in [0.2, 0.25) is 0 Å². The lowest BCUT2D eigenvalue weighted by Gasteiger charge is -2.22. The summed E-state index contributed by atoms with van der Waals surface area (Å²) in [5.74, 6) is -3.84. The highest BCUT2D eigenvalue weighted by molar-refractivity contribution is 9.09. The molecule has 0 bridgehead atoms. The Bertz CT molecular complexity index is 1570. The Hall–Kier alpha value is -3.66. The fourth-order valence-electron chi connectivity index (χ4n) is 4.64. The van der Waals surface area contributed by atoms with Gasteiger partial charge >= 0.3 is 0 Å². The molecule has 0 aliphatic rings. The number of amides is 1. The molecule has 0 radical (unpaired) electrons. The number of unbranched alkanes of at least 4 members (excludes halogenated alkanes) is 4. The monoisotopic (exact) mass is 632 g/mol. The van der Waals surface area contributed by atoms with E-state index >= 15 is 0 Å². The maximum Gasteiger partial charge on any atom is 0.263 e. The van der Waals surface area contributed by atoms with Crippen LogP contribution in [0.1, 0.15) is 49.4 Å². The maximum absolute atomic E-state index is 14.2. The minimum atomic E-state index is -0.885. The van der Waals surface area contributed by atoms with E-state index in [1.165, 1.54) is 16.8 Å². The average molecular weight is 633 g/mol. The number of hydrogen-bond acceptors (Lipinski definition) is 3. The van der Waals surface area contributed by atoms with Crippen molar-refractivity contribution in [2.45, 2.75) is 39.0 Å². The third-order valence-electron chi connectivity index (χ3n) is 6.60. The lowest BCUT2D eigenvalue weighted by atomic mass is 10.1. The Morgan fingerprint density at radius 1 is 0.854 bits per heavy atom. The van der Waals surface area contributed by atoms with E-state index in [1.807, 2.05) is 0 Å². The van der Waals surface area contributed by atoms with E-state index < -0.39 is 34.6 Å². The molecule has 3 aromatic carbocycles. The van der Waals surface area contributed by atoms with Gasteiger partial charge in [0.05, 0.1) is 17.8 Å². The van der Waals surface area contributed by atoms with Crippen molar-refractivity contribution in [1.29, 1.82) is 0 Å². The average Bonchev–Trinajstić information content (AvgIpc) is 2.92. The van der Waals surface area contributed by atoms with Crippen molar-refractivity contribution in [3.8, 4) is 11.4 Å². The van der Waals surface area contributed by atoms with Crippen LogP contribution in [0.4, 0.5) is 23.2 Å². The van der Waals surface area contributed by atoms with E-state index in [2.05, 4.69) is 15.9 Å². The van der Waals surface area contributed by atoms with Gasteiger partial charge in [-0.25, -0.2) is 17.6 Å². The second-order valence-electron chi connectivity index (χ2n) is 9.53. The third kappa shape index (κ3) is 7.35. The van der Waals surface area contributed by atoms with Crippen molar-refractivity contribution in [3.63, 3.8) is 0 Å². The number of carbonyl (C=O) groups is 1. The third-order valence-corrected chi connectivity index (χ3v) is 7.16. The van der Waals surface area contributed by atoms with Crippen LogP contribution < -0.4 is 15.1 Å². The normalized spacial score (nSPS) is 11.2. The zero-order valence-electron chi connectivity index (χ0n) is 22.4. The quantitative estimate of drug-likeness (QED) is 0.0905. The Labute approximate surface area is 243 Å². The van der Waals surface area contributed by atoms with Crippen LogP contribution in [-0.4, -0.2) is 29.0 Å². The molecule has 0 saturated heterocycles. The highest BCUT2D eigenvalue weighted by Gasteiger charge is 2.23. The molecular weight excluding hydrogens is 604 g/mol. The van der Waals surface area contributed by atoms with Gasteiger partial charge in [0.15, 0.2) is 0 Å². The lowest BCUT2D eigenvalue weighted by molar-refractivity contribution is 0.0987. The smallest absolute Gasteiger partial charge is 0.263 e. The van der Waals surface area contributed by atoms with E-state index in [4.69, 9.17) is 4.74 Å². The highest BCUT2D eigenvalue weighted by atomic mass is 79.9. The summed E-state index contributed by atoms with van der Waals surface area (Å²) in [5, 5.41) is 1.08. The van der Waals surface area contributed by atoms with Gasteiger partial charge < -0.3 is 14.2 Å². The number of pyridine rings is 1.